The number of rotatable bonds is 2. The van der Waals surface area contributed by atoms with Crippen molar-refractivity contribution in [3.05, 3.63) is 40.9 Å². The third-order valence-electron chi connectivity index (χ3n) is 4.00. The van der Waals surface area contributed by atoms with Gasteiger partial charge in [0.2, 0.25) is 5.95 Å². The molecule has 0 unspecified atom stereocenters. The van der Waals surface area contributed by atoms with Gasteiger partial charge in [0.15, 0.2) is 5.65 Å². The summed E-state index contributed by atoms with van der Waals surface area (Å²) in [4.78, 5) is 19.9. The van der Waals surface area contributed by atoms with Crippen LogP contribution in [-0.4, -0.2) is 46.2 Å². The van der Waals surface area contributed by atoms with Crippen LogP contribution in [0.25, 0.3) is 22.4 Å². The molecule has 0 aliphatic carbocycles. The smallest absolute Gasteiger partial charge is 0.228 e. The lowest BCUT2D eigenvalue weighted by atomic mass is 10.1. The fourth-order valence-electron chi connectivity index (χ4n) is 2.76. The Kier molecular flexibility index (Phi) is 4.19. The highest BCUT2D eigenvalue weighted by atomic mass is 35.5. The number of hydrogen-bond donors (Lipinski definition) is 0. The van der Waals surface area contributed by atoms with Gasteiger partial charge in [-0.3, -0.25) is 0 Å². The minimum Gasteiger partial charge on any atom is -0.378 e. The molecular formula is C17H15ClFN5O. The normalized spacial score (nSPS) is 14.9. The number of aromatic nitrogens is 4. The third kappa shape index (κ3) is 3.12. The van der Waals surface area contributed by atoms with E-state index in [0.29, 0.717) is 59.7 Å². The highest BCUT2D eigenvalue weighted by Gasteiger charge is 2.20. The molecule has 6 nitrogen and oxygen atoms in total. The molecule has 1 aliphatic heterocycles. The summed E-state index contributed by atoms with van der Waals surface area (Å²) in [5, 5.41) is 0.329. The molecule has 1 saturated heterocycles. The standard InChI is InChI=1S/C17H15ClFN5O/c1-10-9-20-15-14(12-3-2-11(18)8-13(12)19)22-17(23-16(15)21-10)24-4-6-25-7-5-24/h2-3,8-9H,4-7H2,1H3. The van der Waals surface area contributed by atoms with E-state index in [4.69, 9.17) is 16.3 Å². The molecule has 8 heteroatoms. The lowest BCUT2D eigenvalue weighted by Crippen LogP contribution is -2.37. The first-order chi connectivity index (χ1) is 12.1. The zero-order chi connectivity index (χ0) is 17.4. The zero-order valence-corrected chi connectivity index (χ0v) is 14.3. The first-order valence-electron chi connectivity index (χ1n) is 7.91. The summed E-state index contributed by atoms with van der Waals surface area (Å²) in [6.45, 7) is 4.39. The van der Waals surface area contributed by atoms with E-state index >= 15 is 0 Å². The molecule has 1 aliphatic rings. The van der Waals surface area contributed by atoms with Crippen molar-refractivity contribution in [2.75, 3.05) is 31.2 Å². The molecule has 3 aromatic rings. The van der Waals surface area contributed by atoms with E-state index in [1.807, 2.05) is 11.8 Å². The molecule has 0 spiro atoms. The molecule has 0 bridgehead atoms. The second-order valence-electron chi connectivity index (χ2n) is 5.78. The number of ether oxygens (including phenoxy) is 1. The Morgan fingerprint density at radius 3 is 2.72 bits per heavy atom. The highest BCUT2D eigenvalue weighted by molar-refractivity contribution is 6.30. The van der Waals surface area contributed by atoms with E-state index in [2.05, 4.69) is 19.9 Å². The maximum atomic E-state index is 14.5. The van der Waals surface area contributed by atoms with Crippen LogP contribution in [0.5, 0.6) is 0 Å². The van der Waals surface area contributed by atoms with Crippen LogP contribution in [0.2, 0.25) is 5.02 Å². The number of halogens is 2. The predicted molar refractivity (Wildman–Crippen MR) is 93.3 cm³/mol. The number of anilines is 1. The summed E-state index contributed by atoms with van der Waals surface area (Å²) in [7, 11) is 0. The summed E-state index contributed by atoms with van der Waals surface area (Å²) in [6, 6.07) is 4.49. The Morgan fingerprint density at radius 2 is 1.96 bits per heavy atom. The quantitative estimate of drug-likeness (QED) is 0.700. The third-order valence-corrected chi connectivity index (χ3v) is 4.23. The topological polar surface area (TPSA) is 64.0 Å². The Labute approximate surface area is 148 Å². The van der Waals surface area contributed by atoms with Crippen molar-refractivity contribution >= 4 is 28.7 Å². The molecule has 0 amide bonds. The van der Waals surface area contributed by atoms with Crippen molar-refractivity contribution in [2.45, 2.75) is 6.92 Å². The van der Waals surface area contributed by atoms with Gasteiger partial charge in [0, 0.05) is 29.9 Å². The number of nitrogens with zero attached hydrogens (tertiary/aromatic N) is 5. The SMILES string of the molecule is Cc1cnc2c(-c3ccc(Cl)cc3F)nc(N3CCOCC3)nc2n1. The monoisotopic (exact) mass is 359 g/mol. The molecule has 0 saturated carbocycles. The van der Waals surface area contributed by atoms with Gasteiger partial charge in [0.25, 0.3) is 0 Å². The molecule has 1 aromatic carbocycles. The Hall–Kier alpha value is -2.38. The van der Waals surface area contributed by atoms with E-state index in [1.54, 1.807) is 18.3 Å². The molecule has 3 heterocycles. The molecule has 128 valence electrons. The van der Waals surface area contributed by atoms with Crippen LogP contribution >= 0.6 is 11.6 Å². The van der Waals surface area contributed by atoms with Crippen LogP contribution in [0.4, 0.5) is 10.3 Å². The van der Waals surface area contributed by atoms with Crippen LogP contribution in [0.3, 0.4) is 0 Å². The van der Waals surface area contributed by atoms with Gasteiger partial charge in [-0.1, -0.05) is 11.6 Å². The van der Waals surface area contributed by atoms with E-state index in [-0.39, 0.29) is 0 Å². The van der Waals surface area contributed by atoms with Gasteiger partial charge in [-0.2, -0.15) is 4.98 Å². The number of benzene rings is 1. The maximum absolute atomic E-state index is 14.5. The van der Waals surface area contributed by atoms with E-state index in [9.17, 15) is 4.39 Å². The molecule has 0 N–H and O–H groups in total. The number of hydrogen-bond acceptors (Lipinski definition) is 6. The Balaban J connectivity index is 1.94. The average molecular weight is 360 g/mol. The van der Waals surface area contributed by atoms with Gasteiger partial charge in [-0.15, -0.1) is 0 Å². The maximum Gasteiger partial charge on any atom is 0.228 e. The number of morpholine rings is 1. The van der Waals surface area contributed by atoms with Crippen LogP contribution in [-0.2, 0) is 4.74 Å². The second kappa shape index (κ2) is 6.50. The lowest BCUT2D eigenvalue weighted by Gasteiger charge is -2.27. The lowest BCUT2D eigenvalue weighted by molar-refractivity contribution is 0.122. The van der Waals surface area contributed by atoms with Gasteiger partial charge in [0.1, 0.15) is 17.0 Å². The minimum atomic E-state index is -0.456. The summed E-state index contributed by atoms with van der Waals surface area (Å²) in [5.41, 5.74) is 2.38. The van der Waals surface area contributed by atoms with Crippen molar-refractivity contribution in [3.63, 3.8) is 0 Å². The molecule has 4 rings (SSSR count). The number of fused-ring (bicyclic) bond motifs is 1. The fraction of sp³-hybridized carbons (Fsp3) is 0.294. The summed E-state index contributed by atoms with van der Waals surface area (Å²) in [5.74, 6) is 0.0443. The van der Waals surface area contributed by atoms with Gasteiger partial charge in [-0.05, 0) is 25.1 Å². The summed E-state index contributed by atoms with van der Waals surface area (Å²) >= 11 is 5.87. The van der Waals surface area contributed by atoms with Crippen molar-refractivity contribution < 1.29 is 9.13 Å². The Bertz CT molecular complexity index is 946. The molecule has 0 atom stereocenters. The molecule has 2 aromatic heterocycles. The minimum absolute atomic E-state index is 0.324. The van der Waals surface area contributed by atoms with Crippen molar-refractivity contribution in [1.82, 2.24) is 19.9 Å². The zero-order valence-electron chi connectivity index (χ0n) is 13.5. The van der Waals surface area contributed by atoms with E-state index in [0.717, 1.165) is 5.69 Å². The molecule has 0 radical (unpaired) electrons. The van der Waals surface area contributed by atoms with Crippen LogP contribution < -0.4 is 4.90 Å². The van der Waals surface area contributed by atoms with Crippen LogP contribution in [0.15, 0.2) is 24.4 Å². The van der Waals surface area contributed by atoms with Crippen LogP contribution in [0.1, 0.15) is 5.69 Å². The van der Waals surface area contributed by atoms with Gasteiger partial charge >= 0.3 is 0 Å². The predicted octanol–water partition coefficient (Wildman–Crippen LogP) is 3.02. The first-order valence-corrected chi connectivity index (χ1v) is 8.29. The van der Waals surface area contributed by atoms with Gasteiger partial charge in [0.05, 0.1) is 18.9 Å². The van der Waals surface area contributed by atoms with Crippen LogP contribution in [0, 0.1) is 12.7 Å². The number of aryl methyl sites for hydroxylation is 1. The average Bonchev–Trinajstić information content (AvgIpc) is 2.61. The Morgan fingerprint density at radius 1 is 1.16 bits per heavy atom. The van der Waals surface area contributed by atoms with Gasteiger partial charge in [-0.25, -0.2) is 19.3 Å². The molecular weight excluding hydrogens is 345 g/mol. The first kappa shape index (κ1) is 16.1. The van der Waals surface area contributed by atoms with Crippen molar-refractivity contribution in [1.29, 1.82) is 0 Å². The molecule has 25 heavy (non-hydrogen) atoms. The van der Waals surface area contributed by atoms with Crippen molar-refractivity contribution in [2.24, 2.45) is 0 Å². The van der Waals surface area contributed by atoms with E-state index < -0.39 is 5.82 Å². The molecule has 1 fully saturated rings. The van der Waals surface area contributed by atoms with E-state index in [1.165, 1.54) is 6.07 Å². The second-order valence-corrected chi connectivity index (χ2v) is 6.22. The fourth-order valence-corrected chi connectivity index (χ4v) is 2.92. The highest BCUT2D eigenvalue weighted by Crippen LogP contribution is 2.30. The largest absolute Gasteiger partial charge is 0.378 e. The summed E-state index contributed by atoms with van der Waals surface area (Å²) < 4.78 is 19.9. The van der Waals surface area contributed by atoms with Gasteiger partial charge < -0.3 is 9.64 Å². The van der Waals surface area contributed by atoms with Crippen molar-refractivity contribution in [3.8, 4) is 11.3 Å². The summed E-state index contributed by atoms with van der Waals surface area (Å²) in [6.07, 6.45) is 1.62.